The normalized spacial score (nSPS) is 11.2. The van der Waals surface area contributed by atoms with E-state index in [4.69, 9.17) is 9.47 Å². The van der Waals surface area contributed by atoms with E-state index in [0.29, 0.717) is 23.0 Å². The second-order valence-corrected chi connectivity index (χ2v) is 5.86. The van der Waals surface area contributed by atoms with Gasteiger partial charge in [-0.2, -0.15) is 0 Å². The molecule has 1 aromatic rings. The van der Waals surface area contributed by atoms with Gasteiger partial charge in [-0.15, -0.1) is 11.3 Å². The number of rotatable bonds is 8. The summed E-state index contributed by atoms with van der Waals surface area (Å²) in [5, 5.41) is 2.55. The Bertz CT molecular complexity index is 412. The van der Waals surface area contributed by atoms with Crippen molar-refractivity contribution in [3.8, 4) is 0 Å². The molecule has 6 heteroatoms. The van der Waals surface area contributed by atoms with Crippen molar-refractivity contribution in [1.82, 2.24) is 0 Å². The first kappa shape index (κ1) is 17.2. The molecular formula is C14H19BrO4S. The van der Waals surface area contributed by atoms with Gasteiger partial charge in [0, 0.05) is 10.2 Å². The van der Waals surface area contributed by atoms with Crippen LogP contribution in [0, 0.1) is 0 Å². The van der Waals surface area contributed by atoms with E-state index in [2.05, 4.69) is 15.9 Å². The molecule has 0 N–H and O–H groups in total. The first-order valence-electron chi connectivity index (χ1n) is 6.57. The summed E-state index contributed by atoms with van der Waals surface area (Å²) in [5.74, 6) is -1.05. The zero-order chi connectivity index (χ0) is 15.0. The van der Waals surface area contributed by atoms with Crippen molar-refractivity contribution in [2.75, 3.05) is 18.5 Å². The molecule has 0 fully saturated rings. The third kappa shape index (κ3) is 3.61. The van der Waals surface area contributed by atoms with Gasteiger partial charge < -0.3 is 9.47 Å². The maximum atomic E-state index is 12.5. The molecule has 1 heterocycles. The average molecular weight is 363 g/mol. The average Bonchev–Trinajstić information content (AvgIpc) is 2.95. The third-order valence-corrected chi connectivity index (χ3v) is 4.47. The molecular weight excluding hydrogens is 344 g/mol. The van der Waals surface area contributed by atoms with Crippen LogP contribution in [-0.2, 0) is 24.5 Å². The van der Waals surface area contributed by atoms with E-state index in [1.54, 1.807) is 19.9 Å². The van der Waals surface area contributed by atoms with Crippen molar-refractivity contribution < 1.29 is 19.1 Å². The van der Waals surface area contributed by atoms with E-state index >= 15 is 0 Å². The summed E-state index contributed by atoms with van der Waals surface area (Å²) in [6.07, 6.45) is 1.05. The zero-order valence-electron chi connectivity index (χ0n) is 11.7. The second kappa shape index (κ2) is 8.42. The van der Waals surface area contributed by atoms with Gasteiger partial charge in [0.25, 0.3) is 0 Å². The van der Waals surface area contributed by atoms with Gasteiger partial charge in [0.2, 0.25) is 0 Å². The number of alkyl halides is 1. The molecule has 0 unspecified atom stereocenters. The van der Waals surface area contributed by atoms with E-state index in [-0.39, 0.29) is 13.2 Å². The number of halogens is 1. The summed E-state index contributed by atoms with van der Waals surface area (Å²) in [6.45, 7) is 3.93. The number of hydrogen-bond donors (Lipinski definition) is 0. The van der Waals surface area contributed by atoms with Crippen LogP contribution in [0.4, 0.5) is 0 Å². The molecule has 0 aromatic carbocycles. The molecule has 0 aliphatic rings. The van der Waals surface area contributed by atoms with Crippen LogP contribution in [0.1, 0.15) is 31.6 Å². The van der Waals surface area contributed by atoms with Crippen molar-refractivity contribution in [1.29, 1.82) is 0 Å². The summed E-state index contributed by atoms with van der Waals surface area (Å²) >= 11 is 4.71. The maximum absolute atomic E-state index is 12.5. The predicted molar refractivity (Wildman–Crippen MR) is 82.3 cm³/mol. The van der Waals surface area contributed by atoms with Crippen molar-refractivity contribution in [2.45, 2.75) is 32.1 Å². The number of esters is 2. The molecule has 4 nitrogen and oxygen atoms in total. The number of hydrogen-bond acceptors (Lipinski definition) is 5. The van der Waals surface area contributed by atoms with Crippen LogP contribution in [0.15, 0.2) is 17.5 Å². The number of ether oxygens (including phenoxy) is 2. The summed E-state index contributed by atoms with van der Waals surface area (Å²) in [4.78, 5) is 25.6. The highest BCUT2D eigenvalue weighted by Crippen LogP contribution is 2.36. The summed E-state index contributed by atoms with van der Waals surface area (Å²) < 4.78 is 10.3. The van der Waals surface area contributed by atoms with E-state index in [0.717, 1.165) is 0 Å². The number of carbonyl (C=O) groups excluding carboxylic acids is 2. The largest absolute Gasteiger partial charge is 0.465 e. The Hall–Kier alpha value is -0.880. The Morgan fingerprint density at radius 3 is 2.25 bits per heavy atom. The Balaban J connectivity index is 3.24. The van der Waals surface area contributed by atoms with Crippen molar-refractivity contribution in [3.05, 3.63) is 22.4 Å². The van der Waals surface area contributed by atoms with Gasteiger partial charge in [-0.3, -0.25) is 9.59 Å². The molecule has 0 radical (unpaired) electrons. The molecule has 0 saturated carbocycles. The first-order chi connectivity index (χ1) is 9.63. The molecule has 0 bridgehead atoms. The lowest BCUT2D eigenvalue weighted by Crippen LogP contribution is -2.45. The minimum atomic E-state index is -1.34. The number of thiophene rings is 1. The summed E-state index contributed by atoms with van der Waals surface area (Å²) in [6, 6.07) is 3.61. The molecule has 112 valence electrons. The summed E-state index contributed by atoms with van der Waals surface area (Å²) in [7, 11) is 0. The van der Waals surface area contributed by atoms with Gasteiger partial charge in [-0.05, 0) is 38.1 Å². The molecule has 1 rings (SSSR count). The minimum absolute atomic E-state index is 0.236. The number of carbonyl (C=O) groups is 2. The maximum Gasteiger partial charge on any atom is 0.328 e. The van der Waals surface area contributed by atoms with E-state index in [9.17, 15) is 9.59 Å². The lowest BCUT2D eigenvalue weighted by atomic mass is 9.81. The monoisotopic (exact) mass is 362 g/mol. The molecule has 0 amide bonds. The minimum Gasteiger partial charge on any atom is -0.465 e. The Morgan fingerprint density at radius 1 is 1.25 bits per heavy atom. The van der Waals surface area contributed by atoms with E-state index in [1.165, 1.54) is 11.3 Å². The molecule has 0 atom stereocenters. The predicted octanol–water partition coefficient (Wildman–Crippen LogP) is 3.29. The van der Waals surface area contributed by atoms with Crippen LogP contribution >= 0.6 is 27.3 Å². The quantitative estimate of drug-likeness (QED) is 0.404. The second-order valence-electron chi connectivity index (χ2n) is 4.12. The van der Waals surface area contributed by atoms with Crippen molar-refractivity contribution >= 4 is 39.2 Å². The van der Waals surface area contributed by atoms with Gasteiger partial charge in [0.1, 0.15) is 0 Å². The Labute approximate surface area is 131 Å². The van der Waals surface area contributed by atoms with E-state index in [1.807, 2.05) is 11.4 Å². The molecule has 20 heavy (non-hydrogen) atoms. The highest BCUT2D eigenvalue weighted by molar-refractivity contribution is 9.09. The van der Waals surface area contributed by atoms with Crippen LogP contribution in [-0.4, -0.2) is 30.5 Å². The third-order valence-electron chi connectivity index (χ3n) is 2.88. The zero-order valence-corrected chi connectivity index (χ0v) is 14.1. The molecule has 0 spiro atoms. The highest BCUT2D eigenvalue weighted by Gasteiger charge is 2.50. The first-order valence-corrected chi connectivity index (χ1v) is 8.58. The van der Waals surface area contributed by atoms with Gasteiger partial charge >= 0.3 is 11.9 Å². The van der Waals surface area contributed by atoms with Gasteiger partial charge in [0.05, 0.1) is 13.2 Å². The molecule has 0 aliphatic heterocycles. The highest BCUT2D eigenvalue weighted by atomic mass is 79.9. The van der Waals surface area contributed by atoms with Crippen LogP contribution in [0.3, 0.4) is 0 Å². The van der Waals surface area contributed by atoms with Crippen molar-refractivity contribution in [3.63, 3.8) is 0 Å². The smallest absolute Gasteiger partial charge is 0.328 e. The summed E-state index contributed by atoms with van der Waals surface area (Å²) in [5.41, 5.74) is -1.34. The Kier molecular flexibility index (Phi) is 7.23. The lowest BCUT2D eigenvalue weighted by molar-refractivity contribution is -0.165. The van der Waals surface area contributed by atoms with Gasteiger partial charge in [-0.1, -0.05) is 22.0 Å². The fourth-order valence-electron chi connectivity index (χ4n) is 1.97. The molecule has 1 aromatic heterocycles. The van der Waals surface area contributed by atoms with Crippen LogP contribution in [0.2, 0.25) is 0 Å². The fraction of sp³-hybridized carbons (Fsp3) is 0.571. The van der Waals surface area contributed by atoms with Crippen LogP contribution < -0.4 is 0 Å². The molecule has 0 aliphatic carbocycles. The van der Waals surface area contributed by atoms with Gasteiger partial charge in [-0.25, -0.2) is 0 Å². The Morgan fingerprint density at radius 2 is 1.85 bits per heavy atom. The standard InChI is InChI=1S/C14H19BrO4S/c1-3-18-12(16)14(8-6-9-15,13(17)19-4-2)11-7-5-10-20-11/h5,7,10H,3-4,6,8-9H2,1-2H3. The fourth-order valence-corrected chi connectivity index (χ4v) is 3.18. The van der Waals surface area contributed by atoms with Crippen LogP contribution in [0.5, 0.6) is 0 Å². The van der Waals surface area contributed by atoms with Crippen LogP contribution in [0.25, 0.3) is 0 Å². The van der Waals surface area contributed by atoms with Gasteiger partial charge in [0.15, 0.2) is 5.41 Å². The van der Waals surface area contributed by atoms with Crippen molar-refractivity contribution in [2.24, 2.45) is 0 Å². The SMILES string of the molecule is CCOC(=O)C(CCCBr)(C(=O)OCC)c1cccs1. The topological polar surface area (TPSA) is 52.6 Å². The van der Waals surface area contributed by atoms with E-state index < -0.39 is 17.4 Å². The molecule has 0 saturated heterocycles. The lowest BCUT2D eigenvalue weighted by Gasteiger charge is -2.28.